The summed E-state index contributed by atoms with van der Waals surface area (Å²) in [4.78, 5) is 14.0. The summed E-state index contributed by atoms with van der Waals surface area (Å²) in [6, 6.07) is 7.35. The van der Waals surface area contributed by atoms with Crippen LogP contribution in [0.4, 0.5) is 0 Å². The van der Waals surface area contributed by atoms with E-state index in [1.54, 1.807) is 6.07 Å². The summed E-state index contributed by atoms with van der Waals surface area (Å²) in [7, 11) is 3.91. The molecule has 2 rings (SSSR count). The van der Waals surface area contributed by atoms with E-state index in [-0.39, 0.29) is 12.4 Å². The van der Waals surface area contributed by atoms with Gasteiger partial charge in [-0.1, -0.05) is 6.07 Å². The average Bonchev–Trinajstić information content (AvgIpc) is 3.00. The highest BCUT2D eigenvalue weighted by atomic mass is 16.7. The summed E-state index contributed by atoms with van der Waals surface area (Å²) in [5.41, 5.74) is 0.921. The quantitative estimate of drug-likeness (QED) is 0.435. The molecule has 0 bridgehead atoms. The van der Waals surface area contributed by atoms with Gasteiger partial charge in [-0.05, 0) is 31.8 Å². The summed E-state index contributed by atoms with van der Waals surface area (Å²) in [5.74, 6) is 0.948. The van der Waals surface area contributed by atoms with E-state index in [1.165, 1.54) is 6.20 Å². The van der Waals surface area contributed by atoms with Crippen molar-refractivity contribution in [2.24, 2.45) is 0 Å². The Kier molecular flexibility index (Phi) is 5.83. The first-order valence-electron chi connectivity index (χ1n) is 7.25. The Morgan fingerprint density at radius 1 is 1.39 bits per heavy atom. The van der Waals surface area contributed by atoms with Gasteiger partial charge in [-0.15, -0.1) is 0 Å². The van der Waals surface area contributed by atoms with Crippen molar-refractivity contribution in [2.45, 2.75) is 6.54 Å². The number of fused-ring (bicyclic) bond motifs is 1. The molecule has 1 aliphatic heterocycles. The maximum atomic E-state index is 12.0. The molecule has 23 heavy (non-hydrogen) atoms. The highest BCUT2D eigenvalue weighted by Gasteiger charge is 2.14. The number of carbonyl (C=O) groups is 1. The SMILES string of the molecule is CN(C)CCN/C=C(/C#N)C(=O)NCc1ccc2c(c1)OCO2. The van der Waals surface area contributed by atoms with Crippen molar-refractivity contribution in [2.75, 3.05) is 34.0 Å². The number of hydrogen-bond donors (Lipinski definition) is 2. The van der Waals surface area contributed by atoms with E-state index in [0.29, 0.717) is 24.6 Å². The Morgan fingerprint density at radius 2 is 2.17 bits per heavy atom. The van der Waals surface area contributed by atoms with Crippen molar-refractivity contribution >= 4 is 5.91 Å². The topological polar surface area (TPSA) is 86.6 Å². The van der Waals surface area contributed by atoms with Gasteiger partial charge in [0.15, 0.2) is 11.5 Å². The van der Waals surface area contributed by atoms with E-state index in [2.05, 4.69) is 10.6 Å². The van der Waals surface area contributed by atoms with Crippen LogP contribution in [0.15, 0.2) is 30.0 Å². The van der Waals surface area contributed by atoms with E-state index in [0.717, 1.165) is 12.1 Å². The first kappa shape index (κ1) is 16.6. The fraction of sp³-hybridized carbons (Fsp3) is 0.375. The number of nitrogens with zero attached hydrogens (tertiary/aromatic N) is 2. The molecule has 0 aliphatic carbocycles. The molecule has 0 fully saturated rings. The van der Waals surface area contributed by atoms with Gasteiger partial charge in [0.1, 0.15) is 11.6 Å². The van der Waals surface area contributed by atoms with Crippen molar-refractivity contribution in [1.29, 1.82) is 5.26 Å². The molecule has 2 N–H and O–H groups in total. The molecule has 0 radical (unpaired) electrons. The van der Waals surface area contributed by atoms with Crippen LogP contribution in [0.5, 0.6) is 11.5 Å². The van der Waals surface area contributed by atoms with Crippen molar-refractivity contribution in [3.05, 3.63) is 35.5 Å². The largest absolute Gasteiger partial charge is 0.454 e. The van der Waals surface area contributed by atoms with Crippen LogP contribution in [0.25, 0.3) is 0 Å². The molecule has 0 spiro atoms. The van der Waals surface area contributed by atoms with Crippen LogP contribution in [0.1, 0.15) is 5.56 Å². The predicted octanol–water partition coefficient (Wildman–Crippen LogP) is 0.590. The maximum absolute atomic E-state index is 12.0. The number of amides is 1. The van der Waals surface area contributed by atoms with E-state index in [4.69, 9.17) is 14.7 Å². The molecule has 1 aromatic rings. The highest BCUT2D eigenvalue weighted by Crippen LogP contribution is 2.32. The summed E-state index contributed by atoms with van der Waals surface area (Å²) in [6.07, 6.45) is 1.44. The molecule has 0 saturated heterocycles. The predicted molar refractivity (Wildman–Crippen MR) is 84.7 cm³/mol. The molecule has 122 valence electrons. The average molecular weight is 316 g/mol. The third kappa shape index (κ3) is 4.90. The second-order valence-electron chi connectivity index (χ2n) is 5.30. The molecule has 7 heteroatoms. The number of rotatable bonds is 7. The minimum absolute atomic E-state index is 0.0458. The fourth-order valence-electron chi connectivity index (χ4n) is 1.94. The Bertz CT molecular complexity index is 635. The third-order valence-corrected chi connectivity index (χ3v) is 3.20. The number of benzene rings is 1. The number of hydrogen-bond acceptors (Lipinski definition) is 6. The van der Waals surface area contributed by atoms with Gasteiger partial charge in [-0.2, -0.15) is 5.26 Å². The lowest BCUT2D eigenvalue weighted by Gasteiger charge is -2.09. The Labute approximate surface area is 135 Å². The lowest BCUT2D eigenvalue weighted by molar-refractivity contribution is -0.117. The monoisotopic (exact) mass is 316 g/mol. The highest BCUT2D eigenvalue weighted by molar-refractivity contribution is 5.97. The van der Waals surface area contributed by atoms with Gasteiger partial charge in [-0.25, -0.2) is 0 Å². The molecule has 1 aliphatic rings. The summed E-state index contributed by atoms with van der Waals surface area (Å²) < 4.78 is 10.5. The van der Waals surface area contributed by atoms with Crippen LogP contribution in [-0.4, -0.2) is 44.8 Å². The van der Waals surface area contributed by atoms with E-state index in [9.17, 15) is 4.79 Å². The molecule has 7 nitrogen and oxygen atoms in total. The van der Waals surface area contributed by atoms with E-state index < -0.39 is 5.91 Å². The van der Waals surface area contributed by atoms with Gasteiger partial charge >= 0.3 is 0 Å². The van der Waals surface area contributed by atoms with Crippen LogP contribution in [0.2, 0.25) is 0 Å². The molecule has 1 aromatic carbocycles. The molecule has 0 saturated carbocycles. The molecule has 0 unspecified atom stereocenters. The van der Waals surface area contributed by atoms with Crippen molar-refractivity contribution in [1.82, 2.24) is 15.5 Å². The number of nitrogens with one attached hydrogen (secondary N) is 2. The summed E-state index contributed by atoms with van der Waals surface area (Å²) >= 11 is 0. The zero-order chi connectivity index (χ0) is 16.7. The van der Waals surface area contributed by atoms with Gasteiger partial charge in [0.05, 0.1) is 0 Å². The fourth-order valence-corrected chi connectivity index (χ4v) is 1.94. The van der Waals surface area contributed by atoms with Gasteiger partial charge in [0.25, 0.3) is 5.91 Å². The summed E-state index contributed by atoms with van der Waals surface area (Å²) in [5, 5.41) is 14.7. The maximum Gasteiger partial charge on any atom is 0.263 e. The molecule has 1 heterocycles. The van der Waals surface area contributed by atoms with Crippen LogP contribution in [0.3, 0.4) is 0 Å². The zero-order valence-electron chi connectivity index (χ0n) is 13.3. The van der Waals surface area contributed by atoms with E-state index >= 15 is 0 Å². The third-order valence-electron chi connectivity index (χ3n) is 3.20. The van der Waals surface area contributed by atoms with Gasteiger partial charge in [0.2, 0.25) is 6.79 Å². The molecule has 0 atom stereocenters. The second kappa shape index (κ2) is 8.06. The van der Waals surface area contributed by atoms with Gasteiger partial charge in [-0.3, -0.25) is 4.79 Å². The summed E-state index contributed by atoms with van der Waals surface area (Å²) in [6.45, 7) is 2.00. The molecule has 1 amide bonds. The standard InChI is InChI=1S/C16H20N4O3/c1-20(2)6-5-18-10-13(8-17)16(21)19-9-12-3-4-14-15(7-12)23-11-22-14/h3-4,7,10,18H,5-6,9,11H2,1-2H3,(H,19,21)/b13-10-. The Balaban J connectivity index is 1.85. The lowest BCUT2D eigenvalue weighted by atomic mass is 10.2. The minimum Gasteiger partial charge on any atom is -0.454 e. The molecule has 0 aromatic heterocycles. The number of carbonyl (C=O) groups excluding carboxylic acids is 1. The van der Waals surface area contributed by atoms with Crippen LogP contribution in [0, 0.1) is 11.3 Å². The first-order valence-corrected chi connectivity index (χ1v) is 7.25. The molecular weight excluding hydrogens is 296 g/mol. The Morgan fingerprint density at radius 3 is 2.91 bits per heavy atom. The van der Waals surface area contributed by atoms with Crippen LogP contribution >= 0.6 is 0 Å². The second-order valence-corrected chi connectivity index (χ2v) is 5.30. The minimum atomic E-state index is -0.414. The molecular formula is C16H20N4O3. The number of ether oxygens (including phenoxy) is 2. The van der Waals surface area contributed by atoms with Gasteiger partial charge < -0.3 is 25.0 Å². The Hall–Kier alpha value is -2.72. The smallest absolute Gasteiger partial charge is 0.263 e. The van der Waals surface area contributed by atoms with Crippen LogP contribution in [-0.2, 0) is 11.3 Å². The van der Waals surface area contributed by atoms with Crippen molar-refractivity contribution in [3.63, 3.8) is 0 Å². The number of nitriles is 1. The normalized spacial score (nSPS) is 12.9. The lowest BCUT2D eigenvalue weighted by Crippen LogP contribution is -2.27. The first-order chi connectivity index (χ1) is 11.1. The van der Waals surface area contributed by atoms with Crippen LogP contribution < -0.4 is 20.1 Å². The van der Waals surface area contributed by atoms with Gasteiger partial charge in [0, 0.05) is 25.8 Å². The van der Waals surface area contributed by atoms with Crippen molar-refractivity contribution in [3.8, 4) is 17.6 Å². The number of likely N-dealkylation sites (N-methyl/N-ethyl adjacent to an activating group) is 1. The van der Waals surface area contributed by atoms with E-state index in [1.807, 2.05) is 37.2 Å². The van der Waals surface area contributed by atoms with Crippen molar-refractivity contribution < 1.29 is 14.3 Å². The zero-order valence-corrected chi connectivity index (χ0v) is 13.3.